The molecule has 4 atom stereocenters. The van der Waals surface area contributed by atoms with Crippen LogP contribution in [0.2, 0.25) is 0 Å². The highest BCUT2D eigenvalue weighted by Crippen LogP contribution is 2.28. The van der Waals surface area contributed by atoms with E-state index in [0.717, 1.165) is 0 Å². The molecule has 0 saturated heterocycles. The Bertz CT molecular complexity index is 195. The zero-order chi connectivity index (χ0) is 13.0. The Labute approximate surface area is 102 Å². The molecule has 0 amide bonds. The Morgan fingerprint density at radius 1 is 0.625 bits per heavy atom. The zero-order valence-corrected chi connectivity index (χ0v) is 12.4. The summed E-state index contributed by atoms with van der Waals surface area (Å²) in [6, 6.07) is 0. The van der Waals surface area contributed by atoms with Crippen molar-refractivity contribution >= 4 is 5.78 Å². The second kappa shape index (κ2) is 6.42. The van der Waals surface area contributed by atoms with E-state index in [1.54, 1.807) is 0 Å². The molecule has 0 aliphatic rings. The fraction of sp³-hybridized carbons (Fsp3) is 0.933. The van der Waals surface area contributed by atoms with Crippen molar-refractivity contribution in [2.75, 3.05) is 0 Å². The van der Waals surface area contributed by atoms with Gasteiger partial charge in [-0.25, -0.2) is 0 Å². The van der Waals surface area contributed by atoms with Crippen LogP contribution in [0.4, 0.5) is 0 Å². The molecule has 0 saturated carbocycles. The summed E-state index contributed by atoms with van der Waals surface area (Å²) in [5.74, 6) is 2.96. The molecule has 0 aliphatic heterocycles. The van der Waals surface area contributed by atoms with Gasteiger partial charge in [0.05, 0.1) is 0 Å². The third-order valence-electron chi connectivity index (χ3n) is 4.58. The molecule has 0 aromatic rings. The predicted octanol–water partition coefficient (Wildman–Crippen LogP) is 4.41. The summed E-state index contributed by atoms with van der Waals surface area (Å²) in [6.45, 7) is 17.4. The van der Waals surface area contributed by atoms with Gasteiger partial charge in [0.25, 0.3) is 0 Å². The summed E-state index contributed by atoms with van der Waals surface area (Å²) in [5, 5.41) is 0. The molecular weight excluding hydrogens is 196 g/mol. The molecule has 16 heavy (non-hydrogen) atoms. The summed E-state index contributed by atoms with van der Waals surface area (Å²) in [5.41, 5.74) is 0. The maximum atomic E-state index is 12.3. The van der Waals surface area contributed by atoms with Crippen LogP contribution in [0.15, 0.2) is 0 Å². The molecule has 0 rings (SSSR count). The van der Waals surface area contributed by atoms with E-state index in [2.05, 4.69) is 55.4 Å². The van der Waals surface area contributed by atoms with Crippen molar-refractivity contribution in [3.63, 3.8) is 0 Å². The molecule has 0 bridgehead atoms. The first-order valence-corrected chi connectivity index (χ1v) is 6.73. The maximum Gasteiger partial charge on any atom is 0.139 e. The van der Waals surface area contributed by atoms with Crippen molar-refractivity contribution < 1.29 is 4.79 Å². The highest BCUT2D eigenvalue weighted by Gasteiger charge is 2.30. The van der Waals surface area contributed by atoms with Gasteiger partial charge in [0.15, 0.2) is 0 Å². The molecule has 0 aliphatic carbocycles. The normalized spacial score (nSPS) is 19.6. The van der Waals surface area contributed by atoms with Gasteiger partial charge in [-0.1, -0.05) is 55.4 Å². The van der Waals surface area contributed by atoms with Crippen molar-refractivity contribution in [1.29, 1.82) is 0 Å². The van der Waals surface area contributed by atoms with Crippen LogP contribution in [0.3, 0.4) is 0 Å². The number of rotatable bonds is 6. The molecular formula is C15H30O. The number of Topliss-reactive ketones (excluding diaryl/α,β-unsaturated/α-hetero) is 1. The summed E-state index contributed by atoms with van der Waals surface area (Å²) in [7, 11) is 0. The topological polar surface area (TPSA) is 17.1 Å². The molecule has 0 aromatic carbocycles. The molecule has 4 unspecified atom stereocenters. The van der Waals surface area contributed by atoms with E-state index in [1.165, 1.54) is 0 Å². The van der Waals surface area contributed by atoms with Crippen LogP contribution in [0.25, 0.3) is 0 Å². The molecule has 0 heterocycles. The number of carbonyl (C=O) groups excluding carboxylic acids is 1. The average Bonchev–Trinajstić information content (AvgIpc) is 2.23. The first-order valence-electron chi connectivity index (χ1n) is 6.73. The SMILES string of the molecule is CC(C)C(C)C(C)C(=O)C(C)C(C)C(C)C. The largest absolute Gasteiger partial charge is 0.299 e. The van der Waals surface area contributed by atoms with Crippen LogP contribution >= 0.6 is 0 Å². The van der Waals surface area contributed by atoms with Crippen LogP contribution in [0.1, 0.15) is 55.4 Å². The number of ketones is 1. The fourth-order valence-electron chi connectivity index (χ4n) is 2.09. The highest BCUT2D eigenvalue weighted by molar-refractivity contribution is 5.83. The Kier molecular flexibility index (Phi) is 6.28. The van der Waals surface area contributed by atoms with Gasteiger partial charge in [-0.3, -0.25) is 4.79 Å². The van der Waals surface area contributed by atoms with Crippen molar-refractivity contribution in [2.45, 2.75) is 55.4 Å². The van der Waals surface area contributed by atoms with Gasteiger partial charge >= 0.3 is 0 Å². The third kappa shape index (κ3) is 3.92. The molecule has 0 spiro atoms. The van der Waals surface area contributed by atoms with Gasteiger partial charge < -0.3 is 0 Å². The van der Waals surface area contributed by atoms with Gasteiger partial charge in [0, 0.05) is 11.8 Å². The monoisotopic (exact) mass is 226 g/mol. The number of carbonyl (C=O) groups is 1. The van der Waals surface area contributed by atoms with Gasteiger partial charge in [-0.15, -0.1) is 0 Å². The van der Waals surface area contributed by atoms with Gasteiger partial charge in [-0.2, -0.15) is 0 Å². The second-order valence-electron chi connectivity index (χ2n) is 6.19. The molecule has 0 radical (unpaired) electrons. The van der Waals surface area contributed by atoms with E-state index in [1.807, 2.05) is 0 Å². The van der Waals surface area contributed by atoms with Crippen LogP contribution < -0.4 is 0 Å². The van der Waals surface area contributed by atoms with Crippen molar-refractivity contribution in [3.05, 3.63) is 0 Å². The van der Waals surface area contributed by atoms with Gasteiger partial charge in [0.2, 0.25) is 0 Å². The van der Waals surface area contributed by atoms with E-state index in [4.69, 9.17) is 0 Å². The first-order chi connectivity index (χ1) is 7.20. The van der Waals surface area contributed by atoms with Crippen LogP contribution in [0, 0.1) is 35.5 Å². The quantitative estimate of drug-likeness (QED) is 0.655. The van der Waals surface area contributed by atoms with E-state index in [9.17, 15) is 4.79 Å². The Morgan fingerprint density at radius 3 is 1.06 bits per heavy atom. The minimum Gasteiger partial charge on any atom is -0.299 e. The zero-order valence-electron chi connectivity index (χ0n) is 12.4. The second-order valence-corrected chi connectivity index (χ2v) is 6.19. The van der Waals surface area contributed by atoms with E-state index < -0.39 is 0 Å². The molecule has 1 nitrogen and oxygen atoms in total. The van der Waals surface area contributed by atoms with Crippen LogP contribution in [-0.4, -0.2) is 5.78 Å². The summed E-state index contributed by atoms with van der Waals surface area (Å²) < 4.78 is 0. The minimum atomic E-state index is 0.191. The van der Waals surface area contributed by atoms with Gasteiger partial charge in [-0.05, 0) is 23.7 Å². The summed E-state index contributed by atoms with van der Waals surface area (Å²) >= 11 is 0. The maximum absolute atomic E-state index is 12.3. The lowest BCUT2D eigenvalue weighted by Gasteiger charge is -2.29. The average molecular weight is 226 g/mol. The molecule has 0 aromatic heterocycles. The Morgan fingerprint density at radius 2 is 0.875 bits per heavy atom. The van der Waals surface area contributed by atoms with E-state index in [-0.39, 0.29) is 11.8 Å². The highest BCUT2D eigenvalue weighted by atomic mass is 16.1. The smallest absolute Gasteiger partial charge is 0.139 e. The third-order valence-corrected chi connectivity index (χ3v) is 4.58. The molecule has 1 heteroatoms. The number of hydrogen-bond donors (Lipinski definition) is 0. The first kappa shape index (κ1) is 15.7. The Balaban J connectivity index is 4.55. The van der Waals surface area contributed by atoms with Crippen molar-refractivity contribution in [3.8, 4) is 0 Å². The fourth-order valence-corrected chi connectivity index (χ4v) is 2.09. The summed E-state index contributed by atoms with van der Waals surface area (Å²) in [4.78, 5) is 12.3. The lowest BCUT2D eigenvalue weighted by atomic mass is 9.75. The van der Waals surface area contributed by atoms with E-state index >= 15 is 0 Å². The lowest BCUT2D eigenvalue weighted by Crippen LogP contribution is -2.32. The predicted molar refractivity (Wildman–Crippen MR) is 71.3 cm³/mol. The molecule has 96 valence electrons. The molecule has 0 fully saturated rings. The van der Waals surface area contributed by atoms with Crippen LogP contribution in [0.5, 0.6) is 0 Å². The molecule has 0 N–H and O–H groups in total. The summed E-state index contributed by atoms with van der Waals surface area (Å²) in [6.07, 6.45) is 0. The van der Waals surface area contributed by atoms with Crippen LogP contribution in [-0.2, 0) is 4.79 Å². The van der Waals surface area contributed by atoms with Crippen molar-refractivity contribution in [1.82, 2.24) is 0 Å². The van der Waals surface area contributed by atoms with Gasteiger partial charge in [0.1, 0.15) is 5.78 Å². The van der Waals surface area contributed by atoms with E-state index in [0.29, 0.717) is 29.5 Å². The minimum absolute atomic E-state index is 0.191. The lowest BCUT2D eigenvalue weighted by molar-refractivity contribution is -0.129. The van der Waals surface area contributed by atoms with Crippen molar-refractivity contribution in [2.24, 2.45) is 35.5 Å². The standard InChI is InChI=1S/C15H30O/c1-9(2)11(5)13(7)15(16)14(8)12(6)10(3)4/h9-14H,1-8H3. The number of hydrogen-bond acceptors (Lipinski definition) is 1. The Hall–Kier alpha value is -0.330.